The van der Waals surface area contributed by atoms with Gasteiger partial charge in [-0.2, -0.15) is 5.48 Å². The van der Waals surface area contributed by atoms with E-state index in [2.05, 4.69) is 12.1 Å². The fraction of sp³-hybridized carbons (Fsp3) is 0.158. The first kappa shape index (κ1) is 18.2. The van der Waals surface area contributed by atoms with E-state index in [1.54, 1.807) is 37.3 Å². The van der Waals surface area contributed by atoms with Gasteiger partial charge in [0.15, 0.2) is 11.5 Å². The Kier molecular flexibility index (Phi) is 6.31. The van der Waals surface area contributed by atoms with Gasteiger partial charge in [-0.15, -0.1) is 0 Å². The number of ether oxygens (including phenoxy) is 1. The molecule has 0 aromatic heterocycles. The van der Waals surface area contributed by atoms with Gasteiger partial charge in [0.05, 0.1) is 12.1 Å². The molecule has 0 spiro atoms. The molecule has 2 N–H and O–H groups in total. The summed E-state index contributed by atoms with van der Waals surface area (Å²) < 4.78 is 4.89. The molecule has 0 aliphatic carbocycles. The van der Waals surface area contributed by atoms with Gasteiger partial charge in [-0.25, -0.2) is 4.79 Å². The van der Waals surface area contributed by atoms with Gasteiger partial charge in [0, 0.05) is 17.2 Å². The van der Waals surface area contributed by atoms with Gasteiger partial charge in [0.2, 0.25) is 0 Å². The van der Waals surface area contributed by atoms with Gasteiger partial charge in [-0.05, 0) is 19.1 Å². The number of phenolic OH excluding ortho intramolecular Hbond substituents is 1. The zero-order valence-electron chi connectivity index (χ0n) is 13.8. The van der Waals surface area contributed by atoms with Crippen LogP contribution in [-0.4, -0.2) is 30.0 Å². The van der Waals surface area contributed by atoms with Gasteiger partial charge < -0.3 is 14.7 Å². The normalized spacial score (nSPS) is 10.1. The lowest BCUT2D eigenvalue weighted by Crippen LogP contribution is -2.24. The minimum absolute atomic E-state index is 0.113. The summed E-state index contributed by atoms with van der Waals surface area (Å²) in [4.78, 5) is 28.7. The molecule has 0 amide bonds. The summed E-state index contributed by atoms with van der Waals surface area (Å²) >= 11 is 0. The Bertz CT molecular complexity index is 771. The maximum Gasteiger partial charge on any atom is 0.333 e. The molecule has 0 saturated carbocycles. The van der Waals surface area contributed by atoms with Crippen molar-refractivity contribution < 1.29 is 24.3 Å². The van der Waals surface area contributed by atoms with Gasteiger partial charge in [0.25, 0.3) is 0 Å². The lowest BCUT2D eigenvalue weighted by Gasteiger charge is -2.10. The predicted molar refractivity (Wildman–Crippen MR) is 92.4 cm³/mol. The van der Waals surface area contributed by atoms with E-state index in [1.165, 1.54) is 12.1 Å². The summed E-state index contributed by atoms with van der Waals surface area (Å²) in [5.74, 6) is -0.595. The van der Waals surface area contributed by atoms with Crippen LogP contribution in [0.3, 0.4) is 0 Å². The van der Waals surface area contributed by atoms with E-state index in [-0.39, 0.29) is 30.2 Å². The number of benzene rings is 2. The van der Waals surface area contributed by atoms with E-state index in [9.17, 15) is 14.7 Å². The van der Waals surface area contributed by atoms with Gasteiger partial charge in [-0.3, -0.25) is 4.79 Å². The summed E-state index contributed by atoms with van der Waals surface area (Å²) in [5, 5.41) is 10.1. The highest BCUT2D eigenvalue weighted by atomic mass is 16.6. The number of hydrogen-bond donors (Lipinski definition) is 2. The minimum Gasteiger partial charge on any atom is -0.507 e. The number of phenols is 1. The molecule has 0 radical (unpaired) electrons. The number of rotatable bonds is 8. The van der Waals surface area contributed by atoms with Crippen LogP contribution < -0.4 is 10.3 Å². The molecule has 0 saturated heterocycles. The number of carbonyl (C=O) groups excluding carboxylic acids is 2. The van der Waals surface area contributed by atoms with Crippen molar-refractivity contribution in [2.45, 2.75) is 6.92 Å². The van der Waals surface area contributed by atoms with Crippen LogP contribution in [0.25, 0.3) is 0 Å². The van der Waals surface area contributed by atoms with Crippen molar-refractivity contribution in [3.63, 3.8) is 0 Å². The molecule has 0 atom stereocenters. The van der Waals surface area contributed by atoms with Crippen LogP contribution in [0.5, 0.6) is 11.5 Å². The van der Waals surface area contributed by atoms with Crippen molar-refractivity contribution >= 4 is 11.8 Å². The Morgan fingerprint density at radius 2 is 1.88 bits per heavy atom. The van der Waals surface area contributed by atoms with Crippen LogP contribution in [0, 0.1) is 0 Å². The lowest BCUT2D eigenvalue weighted by molar-refractivity contribution is -0.139. The number of carbonyl (C=O) groups is 2. The zero-order chi connectivity index (χ0) is 18.2. The van der Waals surface area contributed by atoms with Gasteiger partial charge in [-0.1, -0.05) is 36.9 Å². The van der Waals surface area contributed by atoms with Gasteiger partial charge in [0.1, 0.15) is 12.4 Å². The summed E-state index contributed by atoms with van der Waals surface area (Å²) in [5.41, 5.74) is 3.60. The standard InChI is InChI=1S/C19H19NO5/c1-13(2)19(23)24-11-10-20-25-15-8-9-16(17(21)12-15)18(22)14-6-4-3-5-7-14/h3-9,12,20-21H,1,10-11H2,2H3. The summed E-state index contributed by atoms with van der Waals surface area (Å²) in [6.45, 7) is 5.40. The van der Waals surface area contributed by atoms with E-state index in [4.69, 9.17) is 9.57 Å². The highest BCUT2D eigenvalue weighted by Gasteiger charge is 2.14. The first-order valence-corrected chi connectivity index (χ1v) is 7.64. The second-order valence-electron chi connectivity index (χ2n) is 5.29. The molecule has 25 heavy (non-hydrogen) atoms. The molecule has 0 aliphatic rings. The molecule has 2 rings (SSSR count). The molecule has 6 heteroatoms. The minimum atomic E-state index is -0.469. The lowest BCUT2D eigenvalue weighted by atomic mass is 10.0. The zero-order valence-corrected chi connectivity index (χ0v) is 13.8. The number of nitrogens with one attached hydrogen (secondary N) is 1. The second kappa shape index (κ2) is 8.65. The maximum atomic E-state index is 12.3. The molecule has 0 heterocycles. The molecule has 130 valence electrons. The Hall–Kier alpha value is -3.12. The van der Waals surface area contributed by atoms with Crippen molar-refractivity contribution in [2.75, 3.05) is 13.2 Å². The topological polar surface area (TPSA) is 84.9 Å². The van der Waals surface area contributed by atoms with E-state index in [0.717, 1.165) is 0 Å². The van der Waals surface area contributed by atoms with E-state index < -0.39 is 5.97 Å². The van der Waals surface area contributed by atoms with Crippen LogP contribution in [0.2, 0.25) is 0 Å². The van der Waals surface area contributed by atoms with Gasteiger partial charge >= 0.3 is 5.97 Å². The molecular formula is C19H19NO5. The Morgan fingerprint density at radius 1 is 1.16 bits per heavy atom. The molecule has 0 unspecified atom stereocenters. The van der Waals surface area contributed by atoms with Crippen molar-refractivity contribution in [1.82, 2.24) is 5.48 Å². The van der Waals surface area contributed by atoms with Crippen molar-refractivity contribution in [1.29, 1.82) is 0 Å². The predicted octanol–water partition coefficient (Wildman–Crippen LogP) is 2.63. The molecule has 2 aromatic carbocycles. The fourth-order valence-corrected chi connectivity index (χ4v) is 1.95. The number of hydroxylamine groups is 1. The molecule has 6 nitrogen and oxygen atoms in total. The Morgan fingerprint density at radius 3 is 2.52 bits per heavy atom. The highest BCUT2D eigenvalue weighted by molar-refractivity contribution is 6.10. The van der Waals surface area contributed by atoms with Crippen LogP contribution >= 0.6 is 0 Å². The molecule has 0 bridgehead atoms. The largest absolute Gasteiger partial charge is 0.507 e. The number of aromatic hydroxyl groups is 1. The summed E-state index contributed by atoms with van der Waals surface area (Å²) in [6.07, 6.45) is 0. The van der Waals surface area contributed by atoms with Crippen LogP contribution in [0.1, 0.15) is 22.8 Å². The van der Waals surface area contributed by atoms with Crippen LogP contribution in [0.15, 0.2) is 60.7 Å². The summed E-state index contributed by atoms with van der Waals surface area (Å²) in [6, 6.07) is 13.1. The average Bonchev–Trinajstić information content (AvgIpc) is 2.61. The second-order valence-corrected chi connectivity index (χ2v) is 5.29. The number of esters is 1. The first-order valence-electron chi connectivity index (χ1n) is 7.64. The smallest absolute Gasteiger partial charge is 0.333 e. The monoisotopic (exact) mass is 341 g/mol. The molecule has 2 aromatic rings. The highest BCUT2D eigenvalue weighted by Crippen LogP contribution is 2.25. The number of ketones is 1. The molecule has 0 fully saturated rings. The van der Waals surface area contributed by atoms with Crippen molar-refractivity contribution in [2.24, 2.45) is 0 Å². The van der Waals surface area contributed by atoms with Crippen molar-refractivity contribution in [3.8, 4) is 11.5 Å². The average molecular weight is 341 g/mol. The van der Waals surface area contributed by atoms with Crippen LogP contribution in [0.4, 0.5) is 0 Å². The Balaban J connectivity index is 1.88. The maximum absolute atomic E-state index is 12.3. The van der Waals surface area contributed by atoms with E-state index in [0.29, 0.717) is 16.9 Å². The fourth-order valence-electron chi connectivity index (χ4n) is 1.95. The Labute approximate surface area is 145 Å². The third-order valence-electron chi connectivity index (χ3n) is 3.23. The van der Waals surface area contributed by atoms with Crippen molar-refractivity contribution in [3.05, 3.63) is 71.8 Å². The molecule has 0 aliphatic heterocycles. The quantitative estimate of drug-likeness (QED) is 0.252. The first-order chi connectivity index (χ1) is 12.0. The number of hydrogen-bond acceptors (Lipinski definition) is 6. The molecular weight excluding hydrogens is 322 g/mol. The van der Waals surface area contributed by atoms with E-state index in [1.807, 2.05) is 6.07 Å². The SMILES string of the molecule is C=C(C)C(=O)OCCNOc1ccc(C(=O)c2ccccc2)c(O)c1. The third-order valence-corrected chi connectivity index (χ3v) is 3.23. The van der Waals surface area contributed by atoms with Crippen LogP contribution in [-0.2, 0) is 9.53 Å². The van der Waals surface area contributed by atoms with E-state index >= 15 is 0 Å². The third kappa shape index (κ3) is 5.19. The summed E-state index contributed by atoms with van der Waals surface area (Å²) in [7, 11) is 0.